The van der Waals surface area contributed by atoms with Gasteiger partial charge in [0, 0.05) is 31.7 Å². The molecule has 0 aliphatic carbocycles. The molecule has 39 heavy (non-hydrogen) atoms. The molecule has 1 heterocycles. The van der Waals surface area contributed by atoms with Crippen LogP contribution in [0.25, 0.3) is 0 Å². The summed E-state index contributed by atoms with van der Waals surface area (Å²) in [6, 6.07) is 29.0. The number of hydrogen-bond acceptors (Lipinski definition) is 3. The van der Waals surface area contributed by atoms with Gasteiger partial charge in [0.25, 0.3) is 0 Å². The third-order valence-corrected chi connectivity index (χ3v) is 7.34. The number of benzene rings is 4. The van der Waals surface area contributed by atoms with Crippen molar-refractivity contribution in [3.05, 3.63) is 137 Å². The number of carbonyl (C=O) groups excluding carboxylic acids is 2. The first kappa shape index (κ1) is 26.3. The van der Waals surface area contributed by atoms with Crippen LogP contribution in [0.1, 0.15) is 40.5 Å². The highest BCUT2D eigenvalue weighted by atomic mass is 19.1. The van der Waals surface area contributed by atoms with E-state index in [9.17, 15) is 18.4 Å². The third-order valence-electron chi connectivity index (χ3n) is 7.34. The van der Waals surface area contributed by atoms with Crippen LogP contribution in [-0.2, 0) is 22.6 Å². The van der Waals surface area contributed by atoms with Gasteiger partial charge in [0.15, 0.2) is 0 Å². The lowest BCUT2D eigenvalue weighted by Crippen LogP contribution is -2.36. The SMILES string of the molecule is O=C(CCN1CCc2ccccc21)[C@@H](c1ccc(F)cc1)[C@@H](C(=O)NCc1ccccc1)c1ccc(F)cc1. The molecular weight excluding hydrogens is 494 g/mol. The zero-order valence-electron chi connectivity index (χ0n) is 21.5. The minimum absolute atomic E-state index is 0.129. The van der Waals surface area contributed by atoms with Crippen LogP contribution in [0.2, 0.25) is 0 Å². The maximum atomic E-state index is 14.0. The van der Waals surface area contributed by atoms with Crippen molar-refractivity contribution in [2.24, 2.45) is 0 Å². The number of hydrogen-bond donors (Lipinski definition) is 1. The van der Waals surface area contributed by atoms with E-state index in [-0.39, 0.29) is 24.7 Å². The molecule has 2 atom stereocenters. The number of rotatable bonds is 10. The zero-order valence-corrected chi connectivity index (χ0v) is 21.5. The average Bonchev–Trinajstić information content (AvgIpc) is 3.38. The van der Waals surface area contributed by atoms with E-state index in [0.29, 0.717) is 17.7 Å². The van der Waals surface area contributed by atoms with Gasteiger partial charge in [-0.2, -0.15) is 0 Å². The Morgan fingerprint density at radius 2 is 1.33 bits per heavy atom. The Morgan fingerprint density at radius 3 is 2.00 bits per heavy atom. The van der Waals surface area contributed by atoms with Crippen LogP contribution in [0.4, 0.5) is 14.5 Å². The summed E-state index contributed by atoms with van der Waals surface area (Å²) in [6.07, 6.45) is 1.13. The van der Waals surface area contributed by atoms with Crippen LogP contribution < -0.4 is 10.2 Å². The van der Waals surface area contributed by atoms with Crippen molar-refractivity contribution in [2.75, 3.05) is 18.0 Å². The van der Waals surface area contributed by atoms with E-state index in [4.69, 9.17) is 0 Å². The molecule has 0 saturated carbocycles. The Labute approximate surface area is 227 Å². The molecule has 0 bridgehead atoms. The Bertz CT molecular complexity index is 1420. The average molecular weight is 525 g/mol. The molecule has 0 spiro atoms. The van der Waals surface area contributed by atoms with Crippen LogP contribution in [0.5, 0.6) is 0 Å². The lowest BCUT2D eigenvalue weighted by Gasteiger charge is -2.28. The van der Waals surface area contributed by atoms with E-state index in [1.165, 1.54) is 29.8 Å². The van der Waals surface area contributed by atoms with E-state index in [2.05, 4.69) is 22.3 Å². The van der Waals surface area contributed by atoms with Crippen LogP contribution in [0.3, 0.4) is 0 Å². The van der Waals surface area contributed by atoms with Gasteiger partial charge in [0.2, 0.25) is 5.91 Å². The third kappa shape index (κ3) is 6.23. The number of nitrogens with zero attached hydrogens (tertiary/aromatic N) is 1. The predicted octanol–water partition coefficient (Wildman–Crippen LogP) is 6.17. The van der Waals surface area contributed by atoms with Gasteiger partial charge in [-0.25, -0.2) is 8.78 Å². The molecule has 0 aromatic heterocycles. The molecular formula is C33H30F2N2O2. The molecule has 4 nitrogen and oxygen atoms in total. The van der Waals surface area contributed by atoms with Crippen LogP contribution in [0.15, 0.2) is 103 Å². The largest absolute Gasteiger partial charge is 0.371 e. The van der Waals surface area contributed by atoms with E-state index < -0.39 is 23.5 Å². The van der Waals surface area contributed by atoms with Gasteiger partial charge in [-0.3, -0.25) is 9.59 Å². The summed E-state index contributed by atoms with van der Waals surface area (Å²) >= 11 is 0. The fraction of sp³-hybridized carbons (Fsp3) is 0.212. The number of halogens is 2. The molecule has 0 saturated heterocycles. The molecule has 4 aromatic rings. The highest BCUT2D eigenvalue weighted by Gasteiger charge is 2.36. The molecule has 0 unspecified atom stereocenters. The summed E-state index contributed by atoms with van der Waals surface area (Å²) in [5, 5.41) is 2.97. The first-order chi connectivity index (χ1) is 19.0. The standard InChI is InChI=1S/C33H30F2N2O2/c34-27-14-10-25(11-15-27)31(30(38)19-21-37-20-18-24-8-4-5-9-29(24)37)32(26-12-16-28(35)17-13-26)33(39)36-22-23-6-2-1-3-7-23/h1-17,31-32H,18-22H2,(H,36,39)/t31-,32+/m1/s1. The highest BCUT2D eigenvalue weighted by molar-refractivity contribution is 5.96. The maximum Gasteiger partial charge on any atom is 0.228 e. The number of carbonyl (C=O) groups is 2. The van der Waals surface area contributed by atoms with Crippen molar-refractivity contribution in [1.82, 2.24) is 5.32 Å². The van der Waals surface area contributed by atoms with E-state index in [1.807, 2.05) is 42.5 Å². The normalized spacial score (nSPS) is 13.9. The Morgan fingerprint density at radius 1 is 0.744 bits per heavy atom. The number of fused-ring (bicyclic) bond motifs is 1. The minimum atomic E-state index is -0.918. The summed E-state index contributed by atoms with van der Waals surface area (Å²) in [5.74, 6) is -3.12. The van der Waals surface area contributed by atoms with Gasteiger partial charge in [0.05, 0.1) is 11.8 Å². The summed E-state index contributed by atoms with van der Waals surface area (Å²) in [5.41, 5.74) is 4.37. The summed E-state index contributed by atoms with van der Waals surface area (Å²) in [7, 11) is 0. The van der Waals surface area contributed by atoms with Crippen LogP contribution >= 0.6 is 0 Å². The Hall–Kier alpha value is -4.32. The molecule has 198 valence electrons. The fourth-order valence-electron chi connectivity index (χ4n) is 5.33. The van der Waals surface area contributed by atoms with Crippen molar-refractivity contribution in [1.29, 1.82) is 0 Å². The summed E-state index contributed by atoms with van der Waals surface area (Å²) in [4.78, 5) is 29.9. The molecule has 4 aromatic carbocycles. The molecule has 1 aliphatic heterocycles. The van der Waals surface area contributed by atoms with Gasteiger partial charge >= 0.3 is 0 Å². The van der Waals surface area contributed by atoms with Crippen LogP contribution in [0, 0.1) is 11.6 Å². The van der Waals surface area contributed by atoms with Crippen molar-refractivity contribution in [3.63, 3.8) is 0 Å². The Kier molecular flexibility index (Phi) is 8.11. The monoisotopic (exact) mass is 524 g/mol. The van der Waals surface area contributed by atoms with Gasteiger partial charge in [0.1, 0.15) is 17.4 Å². The smallest absolute Gasteiger partial charge is 0.228 e. The summed E-state index contributed by atoms with van der Waals surface area (Å²) in [6.45, 7) is 1.62. The second-order valence-corrected chi connectivity index (χ2v) is 9.84. The van der Waals surface area contributed by atoms with Gasteiger partial charge in [-0.05, 0) is 59.0 Å². The molecule has 0 radical (unpaired) electrons. The lowest BCUT2D eigenvalue weighted by molar-refractivity contribution is -0.128. The number of nitrogens with one attached hydrogen (secondary N) is 1. The molecule has 0 fully saturated rings. The molecule has 6 heteroatoms. The van der Waals surface area contributed by atoms with Gasteiger partial charge in [-0.15, -0.1) is 0 Å². The van der Waals surface area contributed by atoms with E-state index in [1.54, 1.807) is 24.3 Å². The zero-order chi connectivity index (χ0) is 27.2. The first-order valence-corrected chi connectivity index (χ1v) is 13.2. The summed E-state index contributed by atoms with van der Waals surface area (Å²) < 4.78 is 27.7. The van der Waals surface area contributed by atoms with E-state index >= 15 is 0 Å². The molecule has 1 N–H and O–H groups in total. The van der Waals surface area contributed by atoms with E-state index in [0.717, 1.165) is 24.2 Å². The quantitative estimate of drug-likeness (QED) is 0.270. The van der Waals surface area contributed by atoms with Crippen molar-refractivity contribution in [2.45, 2.75) is 31.2 Å². The number of anilines is 1. The van der Waals surface area contributed by atoms with Gasteiger partial charge < -0.3 is 10.2 Å². The topological polar surface area (TPSA) is 49.4 Å². The fourth-order valence-corrected chi connectivity index (χ4v) is 5.33. The second kappa shape index (κ2) is 12.0. The van der Waals surface area contributed by atoms with Crippen molar-refractivity contribution >= 4 is 17.4 Å². The van der Waals surface area contributed by atoms with Gasteiger partial charge in [-0.1, -0.05) is 72.8 Å². The number of para-hydroxylation sites is 1. The molecule has 1 amide bonds. The van der Waals surface area contributed by atoms with Crippen molar-refractivity contribution in [3.8, 4) is 0 Å². The maximum absolute atomic E-state index is 14.0. The number of Topliss-reactive ketones (excluding diaryl/α,β-unsaturated/α-hetero) is 1. The minimum Gasteiger partial charge on any atom is -0.371 e. The first-order valence-electron chi connectivity index (χ1n) is 13.2. The molecule has 5 rings (SSSR count). The number of ketones is 1. The lowest BCUT2D eigenvalue weighted by atomic mass is 9.77. The van der Waals surface area contributed by atoms with Crippen LogP contribution in [-0.4, -0.2) is 24.8 Å². The predicted molar refractivity (Wildman–Crippen MR) is 149 cm³/mol. The van der Waals surface area contributed by atoms with Crippen molar-refractivity contribution < 1.29 is 18.4 Å². The molecule has 1 aliphatic rings. The number of amides is 1. The second-order valence-electron chi connectivity index (χ2n) is 9.84. The highest BCUT2D eigenvalue weighted by Crippen LogP contribution is 2.36. The Balaban J connectivity index is 1.45.